The average Bonchev–Trinajstić information content (AvgIpc) is 2.58. The molecule has 0 radical (unpaired) electrons. The molecule has 0 heterocycles. The van der Waals surface area contributed by atoms with Crippen LogP contribution in [0.4, 0.5) is 0 Å². The number of allylic oxidation sites excluding steroid dienone is 1. The molecule has 2 nitrogen and oxygen atoms in total. The van der Waals surface area contributed by atoms with Crippen molar-refractivity contribution in [3.63, 3.8) is 0 Å². The summed E-state index contributed by atoms with van der Waals surface area (Å²) < 4.78 is 5.56. The molecule has 2 heteroatoms. The highest BCUT2D eigenvalue weighted by Gasteiger charge is 2.31. The smallest absolute Gasteiger partial charge is 0.314 e. The molecule has 3 aromatic rings. The Labute approximate surface area is 141 Å². The highest BCUT2D eigenvalue weighted by Crippen LogP contribution is 2.35. The summed E-state index contributed by atoms with van der Waals surface area (Å²) >= 11 is 0. The Hall–Kier alpha value is -2.87. The van der Waals surface area contributed by atoms with Crippen molar-refractivity contribution in [2.75, 3.05) is 0 Å². The van der Waals surface area contributed by atoms with Crippen molar-refractivity contribution in [1.29, 1.82) is 0 Å². The monoisotopic (exact) mass is 314 g/mol. The van der Waals surface area contributed by atoms with Crippen molar-refractivity contribution in [3.05, 3.63) is 83.9 Å². The summed E-state index contributed by atoms with van der Waals surface area (Å²) in [6.07, 6.45) is 3.75. The van der Waals surface area contributed by atoms with E-state index in [0.717, 1.165) is 23.6 Å². The molecular weight excluding hydrogens is 296 g/mol. The van der Waals surface area contributed by atoms with Gasteiger partial charge in [0.1, 0.15) is 5.75 Å². The molecule has 0 aliphatic heterocycles. The van der Waals surface area contributed by atoms with Crippen LogP contribution in [0.3, 0.4) is 0 Å². The predicted molar refractivity (Wildman–Crippen MR) is 96.7 cm³/mol. The Morgan fingerprint density at radius 2 is 1.58 bits per heavy atom. The third-order valence-electron chi connectivity index (χ3n) is 4.46. The van der Waals surface area contributed by atoms with E-state index in [0.29, 0.717) is 5.75 Å². The van der Waals surface area contributed by atoms with Crippen LogP contribution in [0.1, 0.15) is 18.4 Å². The Bertz CT molecular complexity index is 901. The van der Waals surface area contributed by atoms with Crippen LogP contribution in [0, 0.1) is 5.92 Å². The molecule has 0 spiro atoms. The van der Waals surface area contributed by atoms with Crippen molar-refractivity contribution in [2.24, 2.45) is 5.92 Å². The molecule has 0 N–H and O–H groups in total. The lowest BCUT2D eigenvalue weighted by Gasteiger charge is -2.27. The van der Waals surface area contributed by atoms with Gasteiger partial charge in [0.25, 0.3) is 0 Å². The number of rotatable bonds is 3. The van der Waals surface area contributed by atoms with Gasteiger partial charge in [0, 0.05) is 0 Å². The average molecular weight is 314 g/mol. The fourth-order valence-corrected chi connectivity index (χ4v) is 3.07. The van der Waals surface area contributed by atoms with E-state index in [4.69, 9.17) is 4.74 Å². The zero-order valence-electron chi connectivity index (χ0n) is 13.3. The van der Waals surface area contributed by atoms with Crippen LogP contribution in [0.5, 0.6) is 5.75 Å². The molecule has 3 aromatic carbocycles. The zero-order chi connectivity index (χ0) is 16.4. The van der Waals surface area contributed by atoms with E-state index in [1.165, 1.54) is 11.1 Å². The first-order valence-electron chi connectivity index (χ1n) is 8.23. The first-order chi connectivity index (χ1) is 11.8. The molecule has 24 heavy (non-hydrogen) atoms. The maximum atomic E-state index is 12.3. The van der Waals surface area contributed by atoms with Crippen molar-refractivity contribution < 1.29 is 9.53 Å². The van der Waals surface area contributed by atoms with Crippen LogP contribution in [0.2, 0.25) is 0 Å². The third-order valence-corrected chi connectivity index (χ3v) is 4.46. The first kappa shape index (κ1) is 14.7. The third kappa shape index (κ3) is 3.09. The maximum Gasteiger partial charge on any atom is 0.314 e. The predicted octanol–water partition coefficient (Wildman–Crippen LogP) is 5.24. The van der Waals surface area contributed by atoms with Gasteiger partial charge in [-0.25, -0.2) is 0 Å². The van der Waals surface area contributed by atoms with E-state index in [-0.39, 0.29) is 11.9 Å². The normalized spacial score (nSPS) is 16.5. The number of hydrogen-bond acceptors (Lipinski definition) is 2. The van der Waals surface area contributed by atoms with Gasteiger partial charge in [0.15, 0.2) is 0 Å². The van der Waals surface area contributed by atoms with Crippen LogP contribution in [0.15, 0.2) is 78.4 Å². The molecule has 0 unspecified atom stereocenters. The second kappa shape index (κ2) is 6.32. The van der Waals surface area contributed by atoms with Gasteiger partial charge in [-0.05, 0) is 41.3 Å². The molecule has 0 saturated heterocycles. The molecule has 118 valence electrons. The molecule has 1 saturated carbocycles. The van der Waals surface area contributed by atoms with Gasteiger partial charge in [-0.1, -0.05) is 72.3 Å². The molecule has 1 aliphatic carbocycles. The summed E-state index contributed by atoms with van der Waals surface area (Å²) in [6, 6.07) is 24.0. The fourth-order valence-electron chi connectivity index (χ4n) is 3.07. The Balaban J connectivity index is 1.39. The van der Waals surface area contributed by atoms with Gasteiger partial charge < -0.3 is 4.74 Å². The van der Waals surface area contributed by atoms with E-state index in [2.05, 4.69) is 18.2 Å². The van der Waals surface area contributed by atoms with Gasteiger partial charge in [0.2, 0.25) is 0 Å². The van der Waals surface area contributed by atoms with E-state index in [1.54, 1.807) is 0 Å². The number of benzene rings is 3. The number of carbonyl (C=O) groups excluding carboxylic acids is 1. The Morgan fingerprint density at radius 1 is 0.875 bits per heavy atom. The second-order valence-corrected chi connectivity index (χ2v) is 6.25. The number of fused-ring (bicyclic) bond motifs is 1. The van der Waals surface area contributed by atoms with Crippen LogP contribution < -0.4 is 4.74 Å². The van der Waals surface area contributed by atoms with Gasteiger partial charge in [-0.2, -0.15) is 0 Å². The minimum atomic E-state index is -0.129. The van der Waals surface area contributed by atoms with Gasteiger partial charge in [0.05, 0.1) is 5.92 Å². The largest absolute Gasteiger partial charge is 0.426 e. The summed E-state index contributed by atoms with van der Waals surface area (Å²) in [5.41, 5.74) is 2.50. The highest BCUT2D eigenvalue weighted by molar-refractivity contribution is 5.85. The molecule has 1 aliphatic rings. The number of carbonyl (C=O) groups is 1. The minimum Gasteiger partial charge on any atom is -0.426 e. The van der Waals surface area contributed by atoms with Crippen LogP contribution in [0.25, 0.3) is 16.8 Å². The van der Waals surface area contributed by atoms with Gasteiger partial charge in [-0.15, -0.1) is 0 Å². The highest BCUT2D eigenvalue weighted by atomic mass is 16.5. The quantitative estimate of drug-likeness (QED) is 0.488. The van der Waals surface area contributed by atoms with Gasteiger partial charge >= 0.3 is 5.97 Å². The van der Waals surface area contributed by atoms with E-state index in [9.17, 15) is 4.79 Å². The molecule has 0 bridgehead atoms. The summed E-state index contributed by atoms with van der Waals surface area (Å²) in [5, 5.41) is 2.23. The number of ether oxygens (including phenoxy) is 1. The van der Waals surface area contributed by atoms with Crippen molar-refractivity contribution in [1.82, 2.24) is 0 Å². The molecule has 1 fully saturated rings. The second-order valence-electron chi connectivity index (χ2n) is 6.25. The SMILES string of the molecule is O=C(Oc1ccc2ccccc2c1)C1CC(=Cc2ccccc2)C1. The Kier molecular flexibility index (Phi) is 3.87. The summed E-state index contributed by atoms with van der Waals surface area (Å²) in [5.74, 6) is 0.473. The van der Waals surface area contributed by atoms with Crippen LogP contribution >= 0.6 is 0 Å². The molecular formula is C22H18O2. The fraction of sp³-hybridized carbons (Fsp3) is 0.136. The first-order valence-corrected chi connectivity index (χ1v) is 8.23. The molecule has 0 aromatic heterocycles. The Morgan fingerprint density at radius 3 is 2.38 bits per heavy atom. The molecule has 0 atom stereocenters. The number of hydrogen-bond donors (Lipinski definition) is 0. The summed E-state index contributed by atoms with van der Waals surface area (Å²) in [4.78, 5) is 12.3. The molecule has 0 amide bonds. The van der Waals surface area contributed by atoms with E-state index < -0.39 is 0 Å². The van der Waals surface area contributed by atoms with Crippen LogP contribution in [-0.4, -0.2) is 5.97 Å². The summed E-state index contributed by atoms with van der Waals surface area (Å²) in [7, 11) is 0. The summed E-state index contributed by atoms with van der Waals surface area (Å²) in [6.45, 7) is 0. The van der Waals surface area contributed by atoms with Crippen LogP contribution in [-0.2, 0) is 4.79 Å². The lowest BCUT2D eigenvalue weighted by molar-refractivity contribution is -0.140. The van der Waals surface area contributed by atoms with Crippen molar-refractivity contribution >= 4 is 22.8 Å². The van der Waals surface area contributed by atoms with Crippen molar-refractivity contribution in [2.45, 2.75) is 12.8 Å². The lowest BCUT2D eigenvalue weighted by Crippen LogP contribution is -2.28. The van der Waals surface area contributed by atoms with Gasteiger partial charge in [-0.3, -0.25) is 4.79 Å². The minimum absolute atomic E-state index is 0.0218. The van der Waals surface area contributed by atoms with E-state index >= 15 is 0 Å². The number of esters is 1. The van der Waals surface area contributed by atoms with E-state index in [1.807, 2.05) is 60.7 Å². The topological polar surface area (TPSA) is 26.3 Å². The zero-order valence-corrected chi connectivity index (χ0v) is 13.3. The molecule has 4 rings (SSSR count). The van der Waals surface area contributed by atoms with Crippen molar-refractivity contribution in [3.8, 4) is 5.75 Å². The lowest BCUT2D eigenvalue weighted by atomic mass is 9.79. The maximum absolute atomic E-state index is 12.3. The standard InChI is InChI=1S/C22H18O2/c23-22(20-13-17(14-20)12-16-6-2-1-3-7-16)24-21-11-10-18-8-4-5-9-19(18)15-21/h1-12,15,20H,13-14H2.